The van der Waals surface area contributed by atoms with Crippen molar-refractivity contribution in [3.05, 3.63) is 23.2 Å². The van der Waals surface area contributed by atoms with Crippen molar-refractivity contribution in [2.45, 2.75) is 25.1 Å². The van der Waals surface area contributed by atoms with E-state index in [1.165, 1.54) is 11.9 Å². The second kappa shape index (κ2) is 10.8. The maximum absolute atomic E-state index is 12.3. The first-order chi connectivity index (χ1) is 13.7. The van der Waals surface area contributed by atoms with Gasteiger partial charge in [-0.3, -0.25) is 9.89 Å². The van der Waals surface area contributed by atoms with E-state index in [2.05, 4.69) is 20.5 Å². The number of halogens is 4. The van der Waals surface area contributed by atoms with Gasteiger partial charge in [-0.05, 0) is 44.6 Å². The van der Waals surface area contributed by atoms with Crippen LogP contribution in [-0.2, 0) is 0 Å². The van der Waals surface area contributed by atoms with E-state index in [1.54, 1.807) is 20.2 Å². The first-order valence-corrected chi connectivity index (χ1v) is 9.90. The Labute approximate surface area is 175 Å². The molecule has 1 aliphatic heterocycles. The number of nitrogens with zero attached hydrogens (tertiary/aromatic N) is 3. The first kappa shape index (κ1) is 23.4. The minimum atomic E-state index is -4.17. The highest BCUT2D eigenvalue weighted by Gasteiger charge is 2.29. The molecule has 29 heavy (non-hydrogen) atoms. The topological polar surface area (TPSA) is 52.1 Å². The largest absolute Gasteiger partial charge is 0.495 e. The lowest BCUT2D eigenvalue weighted by Crippen LogP contribution is -2.45. The van der Waals surface area contributed by atoms with Crippen LogP contribution in [0.25, 0.3) is 0 Å². The molecule has 0 spiro atoms. The standard InChI is InChI=1S/C19H29ClF3N5O/c1-24-18(25-8-4-9-27(2)13-19(21,22)23)26-15-7-10-28(12-15)16-11-14(20)5-6-17(16)29-3/h5-6,11,15H,4,7-10,12-13H2,1-3H3,(H2,24,25,26). The number of alkyl halides is 3. The SMILES string of the molecule is CN=C(NCCCN(C)CC(F)(F)F)NC1CCN(c2cc(Cl)ccc2OC)C1. The molecule has 1 heterocycles. The van der Waals surface area contributed by atoms with Crippen molar-refractivity contribution in [1.29, 1.82) is 0 Å². The fraction of sp³-hybridized carbons (Fsp3) is 0.632. The third kappa shape index (κ3) is 7.81. The van der Waals surface area contributed by atoms with Gasteiger partial charge in [-0.15, -0.1) is 0 Å². The fourth-order valence-corrected chi connectivity index (χ4v) is 3.50. The van der Waals surface area contributed by atoms with E-state index in [1.807, 2.05) is 12.1 Å². The van der Waals surface area contributed by atoms with Gasteiger partial charge in [0.05, 0.1) is 19.3 Å². The molecule has 10 heteroatoms. The summed E-state index contributed by atoms with van der Waals surface area (Å²) in [5.74, 6) is 1.42. The number of nitrogens with one attached hydrogen (secondary N) is 2. The van der Waals surface area contributed by atoms with E-state index in [0.29, 0.717) is 30.5 Å². The summed E-state index contributed by atoms with van der Waals surface area (Å²) in [6, 6.07) is 5.74. The Morgan fingerprint density at radius 1 is 1.41 bits per heavy atom. The summed E-state index contributed by atoms with van der Waals surface area (Å²) in [7, 11) is 4.78. The van der Waals surface area contributed by atoms with Gasteiger partial charge in [-0.1, -0.05) is 11.6 Å². The molecule has 1 fully saturated rings. The number of anilines is 1. The lowest BCUT2D eigenvalue weighted by atomic mass is 10.2. The molecule has 0 aromatic heterocycles. The van der Waals surface area contributed by atoms with Gasteiger partial charge >= 0.3 is 6.18 Å². The van der Waals surface area contributed by atoms with Gasteiger partial charge < -0.3 is 20.3 Å². The van der Waals surface area contributed by atoms with E-state index in [9.17, 15) is 13.2 Å². The van der Waals surface area contributed by atoms with Crippen LogP contribution in [0.3, 0.4) is 0 Å². The monoisotopic (exact) mass is 435 g/mol. The maximum Gasteiger partial charge on any atom is 0.401 e. The number of aliphatic imine (C=N–C) groups is 1. The van der Waals surface area contributed by atoms with E-state index >= 15 is 0 Å². The molecule has 0 saturated carbocycles. The Morgan fingerprint density at radius 2 is 2.17 bits per heavy atom. The molecule has 0 amide bonds. The van der Waals surface area contributed by atoms with E-state index < -0.39 is 12.7 Å². The normalized spacial score (nSPS) is 17.7. The Balaban J connectivity index is 1.77. The predicted octanol–water partition coefficient (Wildman–Crippen LogP) is 2.98. The summed E-state index contributed by atoms with van der Waals surface area (Å²) in [5, 5.41) is 7.20. The average molecular weight is 436 g/mol. The zero-order valence-corrected chi connectivity index (χ0v) is 17.8. The fourth-order valence-electron chi connectivity index (χ4n) is 3.34. The van der Waals surface area contributed by atoms with Crippen molar-refractivity contribution < 1.29 is 17.9 Å². The summed E-state index contributed by atoms with van der Waals surface area (Å²) in [6.45, 7) is 1.62. The second-order valence-electron chi connectivity index (χ2n) is 7.10. The van der Waals surface area contributed by atoms with Gasteiger partial charge in [-0.25, -0.2) is 0 Å². The smallest absolute Gasteiger partial charge is 0.401 e. The van der Waals surface area contributed by atoms with Gasteiger partial charge in [0.15, 0.2) is 5.96 Å². The summed E-state index contributed by atoms with van der Waals surface area (Å²) in [5.41, 5.74) is 0.958. The molecule has 0 bridgehead atoms. The van der Waals surface area contributed by atoms with E-state index in [0.717, 1.165) is 30.9 Å². The van der Waals surface area contributed by atoms with Crippen LogP contribution < -0.4 is 20.3 Å². The van der Waals surface area contributed by atoms with Crippen molar-refractivity contribution in [2.24, 2.45) is 4.99 Å². The van der Waals surface area contributed by atoms with Crippen LogP contribution in [0.1, 0.15) is 12.8 Å². The van der Waals surface area contributed by atoms with E-state index in [-0.39, 0.29) is 6.04 Å². The maximum atomic E-state index is 12.3. The Morgan fingerprint density at radius 3 is 2.83 bits per heavy atom. The van der Waals surface area contributed by atoms with Crippen LogP contribution in [0.15, 0.2) is 23.2 Å². The molecule has 1 saturated heterocycles. The van der Waals surface area contributed by atoms with Crippen LogP contribution in [0.4, 0.5) is 18.9 Å². The number of hydrogen-bond acceptors (Lipinski definition) is 4. The highest BCUT2D eigenvalue weighted by Crippen LogP contribution is 2.33. The quantitative estimate of drug-likeness (QED) is 0.373. The minimum Gasteiger partial charge on any atom is -0.495 e. The molecule has 1 atom stereocenters. The third-order valence-corrected chi connectivity index (χ3v) is 4.93. The van der Waals surface area contributed by atoms with Crippen LogP contribution in [0.2, 0.25) is 5.02 Å². The molecule has 0 aliphatic carbocycles. The van der Waals surface area contributed by atoms with Crippen molar-refractivity contribution >= 4 is 23.2 Å². The Kier molecular flexibility index (Phi) is 8.70. The van der Waals surface area contributed by atoms with Crippen molar-refractivity contribution in [3.63, 3.8) is 0 Å². The van der Waals surface area contributed by atoms with Gasteiger partial charge in [0.1, 0.15) is 5.75 Å². The number of benzene rings is 1. The molecule has 1 aliphatic rings. The molecule has 6 nitrogen and oxygen atoms in total. The molecular weight excluding hydrogens is 407 g/mol. The lowest BCUT2D eigenvalue weighted by Gasteiger charge is -2.22. The third-order valence-electron chi connectivity index (χ3n) is 4.69. The first-order valence-electron chi connectivity index (χ1n) is 9.53. The van der Waals surface area contributed by atoms with Crippen molar-refractivity contribution in [3.8, 4) is 5.75 Å². The summed E-state index contributed by atoms with van der Waals surface area (Å²) >= 11 is 6.13. The van der Waals surface area contributed by atoms with Crippen molar-refractivity contribution in [1.82, 2.24) is 15.5 Å². The highest BCUT2D eigenvalue weighted by atomic mass is 35.5. The molecule has 1 unspecified atom stereocenters. The van der Waals surface area contributed by atoms with Crippen LogP contribution in [-0.4, -0.2) is 77.0 Å². The zero-order valence-electron chi connectivity index (χ0n) is 17.0. The summed E-state index contributed by atoms with van der Waals surface area (Å²) < 4.78 is 42.5. The molecular formula is C19H29ClF3N5O. The van der Waals surface area contributed by atoms with Gasteiger partial charge in [0, 0.05) is 37.7 Å². The number of ether oxygens (including phenoxy) is 1. The number of guanidine groups is 1. The highest BCUT2D eigenvalue weighted by molar-refractivity contribution is 6.30. The molecule has 1 aromatic rings. The number of methoxy groups -OCH3 is 1. The number of hydrogen-bond donors (Lipinski definition) is 2. The molecule has 0 radical (unpaired) electrons. The Bertz CT molecular complexity index is 686. The lowest BCUT2D eigenvalue weighted by molar-refractivity contribution is -0.143. The van der Waals surface area contributed by atoms with E-state index in [4.69, 9.17) is 16.3 Å². The molecule has 164 valence electrons. The molecule has 2 N–H and O–H groups in total. The predicted molar refractivity (Wildman–Crippen MR) is 111 cm³/mol. The second-order valence-corrected chi connectivity index (χ2v) is 7.53. The molecule has 2 rings (SSSR count). The van der Waals surface area contributed by atoms with Crippen LogP contribution in [0.5, 0.6) is 5.75 Å². The van der Waals surface area contributed by atoms with Gasteiger partial charge in [-0.2, -0.15) is 13.2 Å². The Hall–Kier alpha value is -1.87. The van der Waals surface area contributed by atoms with Crippen LogP contribution in [0, 0.1) is 0 Å². The zero-order chi connectivity index (χ0) is 21.4. The van der Waals surface area contributed by atoms with Gasteiger partial charge in [0.2, 0.25) is 0 Å². The average Bonchev–Trinajstić information content (AvgIpc) is 3.11. The van der Waals surface area contributed by atoms with Gasteiger partial charge in [0.25, 0.3) is 0 Å². The summed E-state index contributed by atoms with van der Waals surface area (Å²) in [6.07, 6.45) is -2.66. The van der Waals surface area contributed by atoms with Crippen LogP contribution >= 0.6 is 11.6 Å². The van der Waals surface area contributed by atoms with Crippen molar-refractivity contribution in [2.75, 3.05) is 58.8 Å². The molecule has 1 aromatic carbocycles. The number of rotatable bonds is 8. The summed E-state index contributed by atoms with van der Waals surface area (Å²) in [4.78, 5) is 7.69. The minimum absolute atomic E-state index is 0.192.